The van der Waals surface area contributed by atoms with E-state index in [2.05, 4.69) is 19.9 Å². The molecule has 4 rings (SSSR count). The molecular formula is C13H11N5O3S3. The summed E-state index contributed by atoms with van der Waals surface area (Å²) in [5.74, 6) is -0.288. The fourth-order valence-electron chi connectivity index (χ4n) is 2.39. The van der Waals surface area contributed by atoms with Crippen molar-refractivity contribution in [2.75, 3.05) is 22.5 Å². The smallest absolute Gasteiger partial charge is 0.257 e. The predicted molar refractivity (Wildman–Crippen MR) is 93.5 cm³/mol. The summed E-state index contributed by atoms with van der Waals surface area (Å²) < 4.78 is 27.0. The number of aryl methyl sites for hydroxylation is 1. The highest BCUT2D eigenvalue weighted by Crippen LogP contribution is 2.42. The van der Waals surface area contributed by atoms with Crippen LogP contribution in [0.4, 0.5) is 10.8 Å². The number of carbonyl (C=O) groups excluding carboxylic acids is 1. The zero-order chi connectivity index (χ0) is 16.9. The van der Waals surface area contributed by atoms with E-state index in [-0.39, 0.29) is 11.7 Å². The van der Waals surface area contributed by atoms with E-state index in [1.54, 1.807) is 12.1 Å². The third-order valence-electron chi connectivity index (χ3n) is 3.48. The largest absolute Gasteiger partial charge is 0.318 e. The first kappa shape index (κ1) is 15.5. The molecule has 3 heterocycles. The number of aromatic nitrogens is 2. The van der Waals surface area contributed by atoms with Crippen LogP contribution in [-0.4, -0.2) is 42.0 Å². The van der Waals surface area contributed by atoms with Gasteiger partial charge < -0.3 is 4.90 Å². The molecule has 1 aromatic carbocycles. The van der Waals surface area contributed by atoms with Crippen molar-refractivity contribution in [1.29, 1.82) is 0 Å². The minimum atomic E-state index is -3.39. The van der Waals surface area contributed by atoms with Crippen LogP contribution in [0.3, 0.4) is 0 Å². The number of nitrogens with one attached hydrogen (secondary N) is 1. The molecule has 0 unspecified atom stereocenters. The average Bonchev–Trinajstić information content (AvgIpc) is 3.07. The number of fused-ring (bicyclic) bond motifs is 3. The summed E-state index contributed by atoms with van der Waals surface area (Å²) in [7, 11) is -3.39. The number of anilines is 2. The maximum absolute atomic E-state index is 12.3. The third-order valence-corrected chi connectivity index (χ3v) is 6.54. The molecule has 0 spiro atoms. The van der Waals surface area contributed by atoms with Crippen molar-refractivity contribution < 1.29 is 13.2 Å². The Labute approximate surface area is 146 Å². The Kier molecular flexibility index (Phi) is 3.58. The molecule has 2 aliphatic heterocycles. The van der Waals surface area contributed by atoms with E-state index in [0.717, 1.165) is 15.6 Å². The molecule has 8 nitrogen and oxygen atoms in total. The number of sulfonamides is 1. The quantitative estimate of drug-likeness (QED) is 0.844. The summed E-state index contributed by atoms with van der Waals surface area (Å²) in [5, 5.41) is 12.1. The zero-order valence-electron chi connectivity index (χ0n) is 12.4. The van der Waals surface area contributed by atoms with Gasteiger partial charge >= 0.3 is 0 Å². The lowest BCUT2D eigenvalue weighted by Gasteiger charge is -2.22. The number of thioether (sulfide) groups is 1. The van der Waals surface area contributed by atoms with E-state index in [1.807, 2.05) is 17.9 Å². The van der Waals surface area contributed by atoms with Gasteiger partial charge in [-0.3, -0.25) is 10.1 Å². The Morgan fingerprint density at radius 1 is 1.33 bits per heavy atom. The van der Waals surface area contributed by atoms with Crippen molar-refractivity contribution in [3.63, 3.8) is 0 Å². The van der Waals surface area contributed by atoms with Gasteiger partial charge in [-0.25, -0.2) is 8.42 Å². The summed E-state index contributed by atoms with van der Waals surface area (Å²) in [6, 6.07) is 5.24. The molecule has 24 heavy (non-hydrogen) atoms. The van der Waals surface area contributed by atoms with Crippen LogP contribution in [0.2, 0.25) is 0 Å². The normalized spacial score (nSPS) is 17.9. The van der Waals surface area contributed by atoms with Crippen molar-refractivity contribution in [2.24, 2.45) is 4.40 Å². The first-order chi connectivity index (χ1) is 11.4. The molecule has 0 radical (unpaired) electrons. The molecule has 1 N–H and O–H groups in total. The second kappa shape index (κ2) is 5.53. The second-order valence-electron chi connectivity index (χ2n) is 5.18. The lowest BCUT2D eigenvalue weighted by atomic mass is 10.2. The topological polar surface area (TPSA) is 105 Å². The van der Waals surface area contributed by atoms with Crippen molar-refractivity contribution >= 4 is 55.0 Å². The lowest BCUT2D eigenvalue weighted by Crippen LogP contribution is -2.35. The summed E-state index contributed by atoms with van der Waals surface area (Å²) >= 11 is 2.55. The van der Waals surface area contributed by atoms with Crippen molar-refractivity contribution in [3.8, 4) is 0 Å². The molecule has 2 aliphatic rings. The number of hydrogen-bond acceptors (Lipinski definition) is 8. The monoisotopic (exact) mass is 381 g/mol. The number of amides is 1. The molecule has 0 fully saturated rings. The molecule has 1 aromatic heterocycles. The maximum atomic E-state index is 12.3. The predicted octanol–water partition coefficient (Wildman–Crippen LogP) is 1.71. The average molecular weight is 381 g/mol. The Morgan fingerprint density at radius 3 is 2.92 bits per heavy atom. The molecule has 0 atom stereocenters. The van der Waals surface area contributed by atoms with E-state index in [9.17, 15) is 13.2 Å². The van der Waals surface area contributed by atoms with Crippen LogP contribution in [0.15, 0.2) is 27.5 Å². The first-order valence-electron chi connectivity index (χ1n) is 6.95. The van der Waals surface area contributed by atoms with Gasteiger partial charge in [0, 0.05) is 17.0 Å². The first-order valence-corrected chi connectivity index (χ1v) is 10.2. The van der Waals surface area contributed by atoms with E-state index >= 15 is 0 Å². The van der Waals surface area contributed by atoms with Crippen molar-refractivity contribution in [3.05, 3.63) is 28.8 Å². The molecule has 0 aliphatic carbocycles. The number of benzene rings is 1. The maximum Gasteiger partial charge on any atom is 0.257 e. The van der Waals surface area contributed by atoms with Crippen LogP contribution in [0.25, 0.3) is 0 Å². The standard InChI is InChI=1S/C13H11N5O3S3/c1-7-15-16-12(22-7)14-11(19)8-2-3-9-10(6-8)23-13-17-24(20,21)5-4-18(9)13/h2-3,6H,4-5H2,1H3,(H,14,16,19). The highest BCUT2D eigenvalue weighted by Gasteiger charge is 2.33. The Bertz CT molecular complexity index is 982. The summed E-state index contributed by atoms with van der Waals surface area (Å²) in [4.78, 5) is 15.0. The number of amidine groups is 1. The highest BCUT2D eigenvalue weighted by atomic mass is 32.2. The van der Waals surface area contributed by atoms with Crippen LogP contribution in [0.1, 0.15) is 15.4 Å². The fourth-order valence-corrected chi connectivity index (χ4v) is 5.27. The SMILES string of the molecule is Cc1nnc(NC(=O)c2ccc3c(c2)SC2=NS(=O)(=O)CCN23)s1. The van der Waals surface area contributed by atoms with Gasteiger partial charge in [-0.15, -0.1) is 14.6 Å². The van der Waals surface area contributed by atoms with Crippen LogP contribution >= 0.6 is 23.1 Å². The van der Waals surface area contributed by atoms with E-state index in [4.69, 9.17) is 0 Å². The Hall–Kier alpha value is -1.98. The number of rotatable bonds is 2. The van der Waals surface area contributed by atoms with Crippen molar-refractivity contribution in [2.45, 2.75) is 11.8 Å². The van der Waals surface area contributed by atoms with Gasteiger partial charge in [0.1, 0.15) is 5.01 Å². The van der Waals surface area contributed by atoms with E-state index < -0.39 is 10.0 Å². The highest BCUT2D eigenvalue weighted by molar-refractivity contribution is 8.15. The number of hydrogen-bond donors (Lipinski definition) is 1. The lowest BCUT2D eigenvalue weighted by molar-refractivity contribution is 0.102. The third kappa shape index (κ3) is 2.78. The van der Waals surface area contributed by atoms with Gasteiger partial charge in [0.2, 0.25) is 5.13 Å². The zero-order valence-corrected chi connectivity index (χ0v) is 14.8. The van der Waals surface area contributed by atoms with Gasteiger partial charge in [0.05, 0.1) is 11.4 Å². The van der Waals surface area contributed by atoms with Crippen LogP contribution < -0.4 is 10.2 Å². The Morgan fingerprint density at radius 2 is 2.17 bits per heavy atom. The molecule has 0 saturated heterocycles. The fraction of sp³-hybridized carbons (Fsp3) is 0.231. The van der Waals surface area contributed by atoms with Crippen LogP contribution in [0, 0.1) is 6.92 Å². The van der Waals surface area contributed by atoms with Gasteiger partial charge in [-0.2, -0.15) is 0 Å². The van der Waals surface area contributed by atoms with Gasteiger partial charge in [-0.1, -0.05) is 11.3 Å². The number of nitrogens with zero attached hydrogens (tertiary/aromatic N) is 4. The molecule has 1 amide bonds. The van der Waals surface area contributed by atoms with Crippen LogP contribution in [-0.2, 0) is 10.0 Å². The number of carbonyl (C=O) groups is 1. The van der Waals surface area contributed by atoms with Crippen LogP contribution in [0.5, 0.6) is 0 Å². The molecule has 124 valence electrons. The van der Waals surface area contributed by atoms with Crippen molar-refractivity contribution in [1.82, 2.24) is 10.2 Å². The van der Waals surface area contributed by atoms with Gasteiger partial charge in [0.15, 0.2) is 5.17 Å². The van der Waals surface area contributed by atoms with Gasteiger partial charge in [-0.05, 0) is 36.9 Å². The van der Waals surface area contributed by atoms with Gasteiger partial charge in [0.25, 0.3) is 15.9 Å². The summed E-state index contributed by atoms with van der Waals surface area (Å²) in [6.07, 6.45) is 0. The molecule has 2 aromatic rings. The van der Waals surface area contributed by atoms with E-state index in [1.165, 1.54) is 23.1 Å². The molecule has 11 heteroatoms. The summed E-state index contributed by atoms with van der Waals surface area (Å²) in [5.41, 5.74) is 1.34. The molecular weight excluding hydrogens is 370 g/mol. The molecule has 0 bridgehead atoms. The second-order valence-corrected chi connectivity index (χ2v) is 9.12. The minimum absolute atomic E-state index is 0.00483. The molecule has 0 saturated carbocycles. The summed E-state index contributed by atoms with van der Waals surface area (Å²) in [6.45, 7) is 2.18. The minimum Gasteiger partial charge on any atom is -0.318 e. The Balaban J connectivity index is 1.61. The van der Waals surface area contributed by atoms with E-state index in [0.29, 0.717) is 22.4 Å².